The summed E-state index contributed by atoms with van der Waals surface area (Å²) in [7, 11) is 0. The molecule has 0 aliphatic heterocycles. The first-order chi connectivity index (χ1) is 8.15. The lowest BCUT2D eigenvalue weighted by Crippen LogP contribution is -2.36. The number of carbonyl (C=O) groups is 1. The molecule has 17 heavy (non-hydrogen) atoms. The van der Waals surface area contributed by atoms with Gasteiger partial charge in [-0.3, -0.25) is 4.79 Å². The van der Waals surface area contributed by atoms with Crippen molar-refractivity contribution < 1.29 is 9.21 Å². The summed E-state index contributed by atoms with van der Waals surface area (Å²) in [5.41, 5.74) is 0.214. The van der Waals surface area contributed by atoms with Crippen LogP contribution in [0.2, 0.25) is 5.22 Å². The molecular formula is C12H15BrClNO2. The van der Waals surface area contributed by atoms with Crippen molar-refractivity contribution in [3.05, 3.63) is 23.1 Å². The van der Waals surface area contributed by atoms with E-state index < -0.39 is 0 Å². The van der Waals surface area contributed by atoms with Crippen molar-refractivity contribution in [2.75, 3.05) is 11.9 Å². The van der Waals surface area contributed by atoms with Crippen molar-refractivity contribution in [1.82, 2.24) is 5.32 Å². The van der Waals surface area contributed by atoms with Gasteiger partial charge in [-0.1, -0.05) is 28.8 Å². The van der Waals surface area contributed by atoms with Gasteiger partial charge in [0.15, 0.2) is 11.0 Å². The average molecular weight is 321 g/mol. The Bertz CT molecular complexity index is 399. The predicted molar refractivity (Wildman–Crippen MR) is 70.7 cm³/mol. The molecule has 0 aromatic carbocycles. The Hall–Kier alpha value is -0.480. The zero-order valence-electron chi connectivity index (χ0n) is 9.47. The van der Waals surface area contributed by atoms with E-state index in [2.05, 4.69) is 21.2 Å². The van der Waals surface area contributed by atoms with E-state index in [0.717, 1.165) is 18.2 Å². The van der Waals surface area contributed by atoms with Crippen molar-refractivity contribution in [1.29, 1.82) is 0 Å². The summed E-state index contributed by atoms with van der Waals surface area (Å²) < 4.78 is 5.07. The van der Waals surface area contributed by atoms with Gasteiger partial charge in [0.1, 0.15) is 0 Å². The van der Waals surface area contributed by atoms with Crippen LogP contribution < -0.4 is 5.32 Å². The molecule has 0 bridgehead atoms. The van der Waals surface area contributed by atoms with Gasteiger partial charge in [-0.05, 0) is 42.0 Å². The lowest BCUT2D eigenvalue weighted by Gasteiger charge is -2.26. The molecule has 94 valence electrons. The molecule has 1 aromatic heterocycles. The van der Waals surface area contributed by atoms with E-state index in [1.807, 2.05) is 0 Å². The first-order valence-electron chi connectivity index (χ1n) is 5.75. The first kappa shape index (κ1) is 13.0. The molecular weight excluding hydrogens is 305 g/mol. The fourth-order valence-electron chi connectivity index (χ4n) is 2.27. The second kappa shape index (κ2) is 5.44. The Labute approximate surface area is 114 Å². The smallest absolute Gasteiger partial charge is 0.287 e. The van der Waals surface area contributed by atoms with Gasteiger partial charge in [-0.15, -0.1) is 0 Å². The van der Waals surface area contributed by atoms with Crippen molar-refractivity contribution in [3.8, 4) is 0 Å². The summed E-state index contributed by atoms with van der Waals surface area (Å²) in [6, 6.07) is 3.17. The molecule has 1 fully saturated rings. The number of rotatable bonds is 4. The van der Waals surface area contributed by atoms with E-state index in [9.17, 15) is 4.79 Å². The van der Waals surface area contributed by atoms with Crippen LogP contribution in [0.5, 0.6) is 0 Å². The van der Waals surface area contributed by atoms with Gasteiger partial charge in [0, 0.05) is 11.9 Å². The lowest BCUT2D eigenvalue weighted by molar-refractivity contribution is 0.0908. The van der Waals surface area contributed by atoms with Gasteiger partial charge in [-0.25, -0.2) is 0 Å². The molecule has 0 radical (unpaired) electrons. The number of nitrogens with one attached hydrogen (secondary N) is 1. The van der Waals surface area contributed by atoms with Crippen molar-refractivity contribution in [2.45, 2.75) is 25.7 Å². The van der Waals surface area contributed by atoms with Crippen LogP contribution in [-0.2, 0) is 0 Å². The van der Waals surface area contributed by atoms with E-state index in [-0.39, 0.29) is 22.3 Å². The van der Waals surface area contributed by atoms with Crippen LogP contribution in [0.3, 0.4) is 0 Å². The molecule has 1 amide bonds. The maximum atomic E-state index is 11.8. The number of furan rings is 1. The van der Waals surface area contributed by atoms with Gasteiger partial charge >= 0.3 is 0 Å². The SMILES string of the molecule is O=C(NCC1(CBr)CCCC1)c1ccc(Cl)o1. The maximum Gasteiger partial charge on any atom is 0.287 e. The quantitative estimate of drug-likeness (QED) is 0.861. The Morgan fingerprint density at radius 1 is 1.47 bits per heavy atom. The van der Waals surface area contributed by atoms with Gasteiger partial charge in [-0.2, -0.15) is 0 Å². The molecule has 0 atom stereocenters. The van der Waals surface area contributed by atoms with Gasteiger partial charge in [0.05, 0.1) is 0 Å². The zero-order chi connectivity index (χ0) is 12.3. The van der Waals surface area contributed by atoms with Crippen LogP contribution in [-0.4, -0.2) is 17.8 Å². The lowest BCUT2D eigenvalue weighted by atomic mass is 9.89. The maximum absolute atomic E-state index is 11.8. The predicted octanol–water partition coefficient (Wildman–Crippen LogP) is 3.62. The van der Waals surface area contributed by atoms with Gasteiger partial charge in [0.2, 0.25) is 0 Å². The molecule has 1 N–H and O–H groups in total. The molecule has 0 unspecified atom stereocenters. The topological polar surface area (TPSA) is 42.2 Å². The van der Waals surface area contributed by atoms with Crippen molar-refractivity contribution >= 4 is 33.4 Å². The highest BCUT2D eigenvalue weighted by Crippen LogP contribution is 2.38. The van der Waals surface area contributed by atoms with Crippen LogP contribution in [0.15, 0.2) is 16.5 Å². The number of halogens is 2. The van der Waals surface area contributed by atoms with E-state index in [1.54, 1.807) is 12.1 Å². The molecule has 1 aliphatic carbocycles. The zero-order valence-corrected chi connectivity index (χ0v) is 11.8. The van der Waals surface area contributed by atoms with E-state index in [1.165, 1.54) is 12.8 Å². The Balaban J connectivity index is 1.91. The largest absolute Gasteiger partial charge is 0.440 e. The number of hydrogen-bond acceptors (Lipinski definition) is 2. The highest BCUT2D eigenvalue weighted by molar-refractivity contribution is 9.09. The summed E-state index contributed by atoms with van der Waals surface area (Å²) in [5, 5.41) is 4.10. The Kier molecular flexibility index (Phi) is 4.15. The molecule has 0 saturated heterocycles. The normalized spacial score (nSPS) is 18.2. The third-order valence-corrected chi connectivity index (χ3v) is 4.76. The molecule has 5 heteroatoms. The summed E-state index contributed by atoms with van der Waals surface area (Å²) >= 11 is 9.18. The van der Waals surface area contributed by atoms with Crippen molar-refractivity contribution in [3.63, 3.8) is 0 Å². The Morgan fingerprint density at radius 2 is 2.18 bits per heavy atom. The minimum atomic E-state index is -0.191. The van der Waals surface area contributed by atoms with Gasteiger partial charge in [0.25, 0.3) is 5.91 Å². The van der Waals surface area contributed by atoms with Crippen LogP contribution in [0, 0.1) is 5.41 Å². The second-order valence-electron chi connectivity index (χ2n) is 4.63. The first-order valence-corrected chi connectivity index (χ1v) is 7.25. The number of alkyl halides is 1. The monoisotopic (exact) mass is 319 g/mol. The van der Waals surface area contributed by atoms with Crippen LogP contribution in [0.4, 0.5) is 0 Å². The number of carbonyl (C=O) groups excluding carboxylic acids is 1. The molecule has 1 heterocycles. The highest BCUT2D eigenvalue weighted by Gasteiger charge is 2.33. The average Bonchev–Trinajstić information content (AvgIpc) is 2.95. The molecule has 1 aromatic rings. The van der Waals surface area contributed by atoms with Crippen molar-refractivity contribution in [2.24, 2.45) is 5.41 Å². The summed E-state index contributed by atoms with van der Waals surface area (Å²) in [4.78, 5) is 11.8. The van der Waals surface area contributed by atoms with E-state index >= 15 is 0 Å². The third kappa shape index (κ3) is 3.05. The molecule has 0 spiro atoms. The standard InChI is InChI=1S/C12H15BrClNO2/c13-7-12(5-1-2-6-12)8-15-11(16)9-3-4-10(14)17-9/h3-4H,1-2,5-8H2,(H,15,16). The number of amides is 1. The number of hydrogen-bond donors (Lipinski definition) is 1. The summed E-state index contributed by atoms with van der Waals surface area (Å²) in [6.45, 7) is 0.690. The molecule has 3 nitrogen and oxygen atoms in total. The fraction of sp³-hybridized carbons (Fsp3) is 0.583. The van der Waals surface area contributed by atoms with Gasteiger partial charge < -0.3 is 9.73 Å². The molecule has 1 saturated carbocycles. The third-order valence-electron chi connectivity index (χ3n) is 3.37. The fourth-order valence-corrected chi connectivity index (χ4v) is 3.18. The summed E-state index contributed by atoms with van der Waals surface area (Å²) in [5.74, 6) is 0.0850. The highest BCUT2D eigenvalue weighted by atomic mass is 79.9. The molecule has 2 rings (SSSR count). The molecule has 1 aliphatic rings. The van der Waals surface area contributed by atoms with Crippen LogP contribution in [0.1, 0.15) is 36.2 Å². The van der Waals surface area contributed by atoms with Crippen LogP contribution in [0.25, 0.3) is 0 Å². The van der Waals surface area contributed by atoms with Crippen LogP contribution >= 0.6 is 27.5 Å². The minimum Gasteiger partial charge on any atom is -0.440 e. The minimum absolute atomic E-state index is 0.191. The van der Waals surface area contributed by atoms with E-state index in [4.69, 9.17) is 16.0 Å². The Morgan fingerprint density at radius 3 is 2.71 bits per heavy atom. The second-order valence-corrected chi connectivity index (χ2v) is 5.56. The van der Waals surface area contributed by atoms with E-state index in [0.29, 0.717) is 6.54 Å². The summed E-state index contributed by atoms with van der Waals surface area (Å²) in [6.07, 6.45) is 4.82.